The first kappa shape index (κ1) is 15.7. The van der Waals surface area contributed by atoms with Crippen molar-refractivity contribution in [1.82, 2.24) is 4.98 Å². The second kappa shape index (κ2) is 7.33. The molecule has 0 spiro atoms. The molecule has 0 aliphatic rings. The zero-order chi connectivity index (χ0) is 15.2. The summed E-state index contributed by atoms with van der Waals surface area (Å²) in [6, 6.07) is 3.76. The SMILES string of the molecule is CCOC(=O)Cc1csc(NC(=O)c2ccc(CC)s2)n1. The van der Waals surface area contributed by atoms with Gasteiger partial charge in [0.15, 0.2) is 5.13 Å². The molecule has 0 aromatic carbocycles. The number of amides is 1. The molecule has 0 aliphatic carbocycles. The number of nitrogens with zero attached hydrogens (tertiary/aromatic N) is 1. The fraction of sp³-hybridized carbons (Fsp3) is 0.357. The Hall–Kier alpha value is -1.73. The normalized spacial score (nSPS) is 10.4. The summed E-state index contributed by atoms with van der Waals surface area (Å²) < 4.78 is 4.86. The van der Waals surface area contributed by atoms with Crippen LogP contribution in [0, 0.1) is 0 Å². The third-order valence-electron chi connectivity index (χ3n) is 2.64. The zero-order valence-electron chi connectivity index (χ0n) is 11.8. The number of thiazole rings is 1. The van der Waals surface area contributed by atoms with Crippen molar-refractivity contribution in [1.29, 1.82) is 0 Å². The highest BCUT2D eigenvalue weighted by molar-refractivity contribution is 7.15. The van der Waals surface area contributed by atoms with Crippen molar-refractivity contribution in [2.75, 3.05) is 11.9 Å². The highest BCUT2D eigenvalue weighted by Crippen LogP contribution is 2.21. The minimum Gasteiger partial charge on any atom is -0.466 e. The van der Waals surface area contributed by atoms with E-state index in [9.17, 15) is 9.59 Å². The summed E-state index contributed by atoms with van der Waals surface area (Å²) >= 11 is 2.77. The minimum absolute atomic E-state index is 0.124. The molecule has 0 fully saturated rings. The van der Waals surface area contributed by atoms with Gasteiger partial charge < -0.3 is 4.74 Å². The number of hydrogen-bond acceptors (Lipinski definition) is 6. The second-order valence-corrected chi connectivity index (χ2v) is 6.23. The van der Waals surface area contributed by atoms with Crippen LogP contribution in [0.5, 0.6) is 0 Å². The summed E-state index contributed by atoms with van der Waals surface area (Å²) in [5, 5.41) is 4.99. The van der Waals surface area contributed by atoms with E-state index in [1.54, 1.807) is 12.3 Å². The standard InChI is InChI=1S/C14H16N2O3S2/c1-3-10-5-6-11(21-10)13(18)16-14-15-9(8-20-14)7-12(17)19-4-2/h5-6,8H,3-4,7H2,1-2H3,(H,15,16,18). The molecule has 21 heavy (non-hydrogen) atoms. The molecule has 7 heteroatoms. The summed E-state index contributed by atoms with van der Waals surface area (Å²) in [5.74, 6) is -0.483. The van der Waals surface area contributed by atoms with Gasteiger partial charge in [0.1, 0.15) is 0 Å². The number of rotatable bonds is 6. The Morgan fingerprint density at radius 3 is 2.81 bits per heavy atom. The molecule has 2 aromatic heterocycles. The summed E-state index contributed by atoms with van der Waals surface area (Å²) in [5.41, 5.74) is 0.606. The Labute approximate surface area is 131 Å². The maximum atomic E-state index is 12.1. The van der Waals surface area contributed by atoms with Gasteiger partial charge in [-0.2, -0.15) is 0 Å². The van der Waals surface area contributed by atoms with Crippen LogP contribution >= 0.6 is 22.7 Å². The van der Waals surface area contributed by atoms with Crippen LogP contribution in [0.2, 0.25) is 0 Å². The molecule has 0 unspecified atom stereocenters. The van der Waals surface area contributed by atoms with E-state index in [0.29, 0.717) is 22.3 Å². The quantitative estimate of drug-likeness (QED) is 0.829. The molecule has 0 aliphatic heterocycles. The van der Waals surface area contributed by atoms with Gasteiger partial charge in [-0.15, -0.1) is 22.7 Å². The summed E-state index contributed by atoms with van der Waals surface area (Å²) in [7, 11) is 0. The van der Waals surface area contributed by atoms with Gasteiger partial charge in [0.2, 0.25) is 0 Å². The minimum atomic E-state index is -0.313. The van der Waals surface area contributed by atoms with E-state index < -0.39 is 0 Å². The number of aryl methyl sites for hydroxylation is 1. The fourth-order valence-corrected chi connectivity index (χ4v) is 3.20. The smallest absolute Gasteiger partial charge is 0.311 e. The lowest BCUT2D eigenvalue weighted by molar-refractivity contribution is -0.142. The van der Waals surface area contributed by atoms with Crippen LogP contribution in [0.3, 0.4) is 0 Å². The number of thiophene rings is 1. The van der Waals surface area contributed by atoms with Crippen molar-refractivity contribution in [2.24, 2.45) is 0 Å². The molecule has 5 nitrogen and oxygen atoms in total. The molecular formula is C14H16N2O3S2. The number of carbonyl (C=O) groups is 2. The van der Waals surface area contributed by atoms with Crippen LogP contribution in [-0.2, 0) is 22.4 Å². The van der Waals surface area contributed by atoms with Crippen LogP contribution in [-0.4, -0.2) is 23.5 Å². The lowest BCUT2D eigenvalue weighted by Gasteiger charge is -1.99. The van der Waals surface area contributed by atoms with Crippen molar-refractivity contribution in [3.05, 3.63) is 33.0 Å². The molecule has 1 N–H and O–H groups in total. The Balaban J connectivity index is 1.95. The van der Waals surface area contributed by atoms with Gasteiger partial charge in [-0.05, 0) is 25.5 Å². The predicted molar refractivity (Wildman–Crippen MR) is 84.1 cm³/mol. The van der Waals surface area contributed by atoms with Gasteiger partial charge in [0.05, 0.1) is 23.6 Å². The molecule has 0 atom stereocenters. The number of carbonyl (C=O) groups excluding carboxylic acids is 2. The van der Waals surface area contributed by atoms with Crippen LogP contribution < -0.4 is 5.32 Å². The molecule has 112 valence electrons. The van der Waals surface area contributed by atoms with Gasteiger partial charge in [0, 0.05) is 10.3 Å². The van der Waals surface area contributed by atoms with E-state index in [-0.39, 0.29) is 18.3 Å². The van der Waals surface area contributed by atoms with E-state index in [1.807, 2.05) is 12.1 Å². The van der Waals surface area contributed by atoms with Gasteiger partial charge in [0.25, 0.3) is 5.91 Å². The number of ether oxygens (including phenoxy) is 1. The monoisotopic (exact) mass is 324 g/mol. The van der Waals surface area contributed by atoms with Crippen molar-refractivity contribution in [3.63, 3.8) is 0 Å². The molecule has 1 amide bonds. The highest BCUT2D eigenvalue weighted by atomic mass is 32.1. The Kier molecular flexibility index (Phi) is 5.46. The summed E-state index contributed by atoms with van der Waals surface area (Å²) in [4.78, 5) is 29.5. The molecule has 0 bridgehead atoms. The maximum absolute atomic E-state index is 12.1. The lowest BCUT2D eigenvalue weighted by Crippen LogP contribution is -2.11. The summed E-state index contributed by atoms with van der Waals surface area (Å²) in [6.07, 6.45) is 1.04. The van der Waals surface area contributed by atoms with Crippen molar-refractivity contribution >= 4 is 39.7 Å². The average molecular weight is 324 g/mol. The average Bonchev–Trinajstić information content (AvgIpc) is 3.08. The number of hydrogen-bond donors (Lipinski definition) is 1. The van der Waals surface area contributed by atoms with E-state index >= 15 is 0 Å². The third kappa shape index (κ3) is 4.37. The Bertz CT molecular complexity index is 634. The van der Waals surface area contributed by atoms with Gasteiger partial charge >= 0.3 is 5.97 Å². The summed E-state index contributed by atoms with van der Waals surface area (Å²) in [6.45, 7) is 4.16. The van der Waals surface area contributed by atoms with Crippen LogP contribution in [0.15, 0.2) is 17.5 Å². The number of aromatic nitrogens is 1. The first-order valence-electron chi connectivity index (χ1n) is 6.62. The fourth-order valence-electron chi connectivity index (χ4n) is 1.65. The molecular weight excluding hydrogens is 308 g/mol. The first-order valence-corrected chi connectivity index (χ1v) is 8.32. The zero-order valence-corrected chi connectivity index (χ0v) is 13.5. The van der Waals surface area contributed by atoms with Gasteiger partial charge in [-0.1, -0.05) is 6.92 Å². The molecule has 0 saturated heterocycles. The third-order valence-corrected chi connectivity index (χ3v) is 4.67. The lowest BCUT2D eigenvalue weighted by atomic mass is 10.3. The molecule has 2 heterocycles. The van der Waals surface area contributed by atoms with Crippen LogP contribution in [0.25, 0.3) is 0 Å². The second-order valence-electron chi connectivity index (χ2n) is 4.20. The molecule has 0 saturated carbocycles. The largest absolute Gasteiger partial charge is 0.466 e. The Morgan fingerprint density at radius 1 is 1.33 bits per heavy atom. The molecule has 2 aromatic rings. The van der Waals surface area contributed by atoms with Crippen LogP contribution in [0.1, 0.15) is 34.1 Å². The number of nitrogens with one attached hydrogen (secondary N) is 1. The predicted octanol–water partition coefficient (Wildman–Crippen LogP) is 3.12. The van der Waals surface area contributed by atoms with Crippen molar-refractivity contribution in [2.45, 2.75) is 26.7 Å². The Morgan fingerprint density at radius 2 is 2.14 bits per heavy atom. The van der Waals surface area contributed by atoms with Crippen molar-refractivity contribution < 1.29 is 14.3 Å². The van der Waals surface area contributed by atoms with Crippen molar-refractivity contribution in [3.8, 4) is 0 Å². The van der Waals surface area contributed by atoms with E-state index in [0.717, 1.165) is 6.42 Å². The van der Waals surface area contributed by atoms with Gasteiger partial charge in [-0.25, -0.2) is 4.98 Å². The molecule has 0 radical (unpaired) electrons. The number of anilines is 1. The van der Waals surface area contributed by atoms with Gasteiger partial charge in [-0.3, -0.25) is 14.9 Å². The van der Waals surface area contributed by atoms with E-state index in [2.05, 4.69) is 17.2 Å². The van der Waals surface area contributed by atoms with E-state index in [4.69, 9.17) is 4.74 Å². The first-order chi connectivity index (χ1) is 10.1. The van der Waals surface area contributed by atoms with E-state index in [1.165, 1.54) is 27.6 Å². The number of esters is 1. The maximum Gasteiger partial charge on any atom is 0.311 e. The molecule has 2 rings (SSSR count). The van der Waals surface area contributed by atoms with Crippen LogP contribution in [0.4, 0.5) is 5.13 Å². The topological polar surface area (TPSA) is 68.3 Å². The highest BCUT2D eigenvalue weighted by Gasteiger charge is 2.13.